The highest BCUT2D eigenvalue weighted by atomic mass is 19.1. The first kappa shape index (κ1) is 19.4. The lowest BCUT2D eigenvalue weighted by Gasteiger charge is -2.33. The average molecular weight is 396 g/mol. The van der Waals surface area contributed by atoms with Gasteiger partial charge in [-0.2, -0.15) is 0 Å². The summed E-state index contributed by atoms with van der Waals surface area (Å²) in [5, 5.41) is 6.88. The predicted octanol–water partition coefficient (Wildman–Crippen LogP) is 4.62. The minimum Gasteiger partial charge on any atom is -0.360 e. The molecule has 0 radical (unpaired) electrons. The van der Waals surface area contributed by atoms with E-state index in [2.05, 4.69) is 36.2 Å². The second-order valence-electron chi connectivity index (χ2n) is 8.73. The number of benzene rings is 1. The van der Waals surface area contributed by atoms with Crippen molar-refractivity contribution in [3.63, 3.8) is 0 Å². The van der Waals surface area contributed by atoms with Crippen molar-refractivity contribution < 1.29 is 13.7 Å². The van der Waals surface area contributed by atoms with Crippen molar-refractivity contribution in [1.29, 1.82) is 0 Å². The summed E-state index contributed by atoms with van der Waals surface area (Å²) >= 11 is 0. The van der Waals surface area contributed by atoms with Crippen molar-refractivity contribution >= 4 is 11.9 Å². The maximum absolute atomic E-state index is 13.2. The van der Waals surface area contributed by atoms with E-state index in [1.807, 2.05) is 0 Å². The van der Waals surface area contributed by atoms with Crippen molar-refractivity contribution in [1.82, 2.24) is 14.7 Å². The van der Waals surface area contributed by atoms with E-state index in [1.54, 1.807) is 29.9 Å². The predicted molar refractivity (Wildman–Crippen MR) is 108 cm³/mol. The minimum absolute atomic E-state index is 0.159. The summed E-state index contributed by atoms with van der Waals surface area (Å²) in [5.41, 5.74) is 2.98. The van der Waals surface area contributed by atoms with Gasteiger partial charge in [-0.05, 0) is 48.4 Å². The Morgan fingerprint density at radius 3 is 2.69 bits per heavy atom. The molecule has 2 aromatic heterocycles. The summed E-state index contributed by atoms with van der Waals surface area (Å²) < 4.78 is 20.4. The molecule has 3 aromatic rings. The molecule has 0 fully saturated rings. The van der Waals surface area contributed by atoms with E-state index in [0.29, 0.717) is 17.6 Å². The molecular weight excluding hydrogens is 371 g/mol. The van der Waals surface area contributed by atoms with Gasteiger partial charge < -0.3 is 9.09 Å². The first-order valence-electron chi connectivity index (χ1n) is 9.80. The molecule has 1 aromatic carbocycles. The first-order valence-corrected chi connectivity index (χ1v) is 9.80. The van der Waals surface area contributed by atoms with E-state index in [-0.39, 0.29) is 17.1 Å². The lowest BCUT2D eigenvalue weighted by atomic mass is 9.71. The van der Waals surface area contributed by atoms with Crippen molar-refractivity contribution in [3.8, 4) is 11.3 Å². The summed E-state index contributed by atoms with van der Waals surface area (Å²) in [6.07, 6.45) is 4.27. The Labute approximate surface area is 169 Å². The number of nitrogens with one attached hydrogen (secondary N) is 1. The summed E-state index contributed by atoms with van der Waals surface area (Å²) in [6, 6.07) is 6.15. The van der Waals surface area contributed by atoms with Gasteiger partial charge in [0, 0.05) is 24.6 Å². The maximum Gasteiger partial charge on any atom is 0.280 e. The van der Waals surface area contributed by atoms with Crippen LogP contribution in [0.3, 0.4) is 0 Å². The maximum atomic E-state index is 13.2. The van der Waals surface area contributed by atoms with Crippen LogP contribution in [-0.4, -0.2) is 20.6 Å². The standard InChI is InChI=1S/C22H25FN4O2/c1-22(2,3)14-7-10-18-16(11-14)19(26-29-18)20(28)25-21-24-12-17(27(21)4)13-5-8-15(23)9-6-13/h5-6,8-9,12,14H,7,10-11H2,1-4H3,(H,24,25,28). The number of carbonyl (C=O) groups excluding carboxylic acids is 1. The zero-order chi connectivity index (χ0) is 20.8. The number of nitrogens with zero attached hydrogens (tertiary/aromatic N) is 3. The smallest absolute Gasteiger partial charge is 0.280 e. The number of amides is 1. The zero-order valence-corrected chi connectivity index (χ0v) is 17.1. The monoisotopic (exact) mass is 396 g/mol. The zero-order valence-electron chi connectivity index (χ0n) is 17.1. The Balaban J connectivity index is 1.56. The molecule has 0 bridgehead atoms. The number of aryl methyl sites for hydroxylation is 1. The van der Waals surface area contributed by atoms with Gasteiger partial charge in [-0.25, -0.2) is 9.37 Å². The molecule has 0 saturated carbocycles. The van der Waals surface area contributed by atoms with Gasteiger partial charge in [0.2, 0.25) is 5.95 Å². The van der Waals surface area contributed by atoms with Gasteiger partial charge in [-0.3, -0.25) is 10.1 Å². The number of rotatable bonds is 3. The highest BCUT2D eigenvalue weighted by molar-refractivity contribution is 6.03. The fraction of sp³-hybridized carbons (Fsp3) is 0.409. The van der Waals surface area contributed by atoms with Gasteiger partial charge in [0.15, 0.2) is 5.69 Å². The Morgan fingerprint density at radius 2 is 2.00 bits per heavy atom. The molecule has 1 aliphatic carbocycles. The Kier molecular flexibility index (Phi) is 4.76. The van der Waals surface area contributed by atoms with Crippen LogP contribution >= 0.6 is 0 Å². The fourth-order valence-corrected chi connectivity index (χ4v) is 3.90. The summed E-state index contributed by atoms with van der Waals surface area (Å²) in [4.78, 5) is 17.2. The highest BCUT2D eigenvalue weighted by Gasteiger charge is 2.34. The van der Waals surface area contributed by atoms with Crippen LogP contribution in [0.15, 0.2) is 35.0 Å². The number of hydrogen-bond donors (Lipinski definition) is 1. The van der Waals surface area contributed by atoms with Gasteiger partial charge in [0.05, 0.1) is 11.9 Å². The fourth-order valence-electron chi connectivity index (χ4n) is 3.90. The van der Waals surface area contributed by atoms with E-state index in [1.165, 1.54) is 12.1 Å². The molecule has 1 amide bonds. The van der Waals surface area contributed by atoms with E-state index in [4.69, 9.17) is 4.52 Å². The molecule has 1 unspecified atom stereocenters. The van der Waals surface area contributed by atoms with Crippen LogP contribution in [0.4, 0.5) is 10.3 Å². The molecular formula is C22H25FN4O2. The van der Waals surface area contributed by atoms with Crippen LogP contribution in [0, 0.1) is 17.2 Å². The average Bonchev–Trinajstić information content (AvgIpc) is 3.25. The molecule has 0 saturated heterocycles. The number of hydrogen-bond acceptors (Lipinski definition) is 4. The largest absolute Gasteiger partial charge is 0.360 e. The van der Waals surface area contributed by atoms with Crippen LogP contribution in [-0.2, 0) is 19.9 Å². The molecule has 1 N–H and O–H groups in total. The summed E-state index contributed by atoms with van der Waals surface area (Å²) in [7, 11) is 1.80. The second kappa shape index (κ2) is 7.13. The van der Waals surface area contributed by atoms with Gasteiger partial charge in [-0.1, -0.05) is 25.9 Å². The van der Waals surface area contributed by atoms with Crippen molar-refractivity contribution in [2.75, 3.05) is 5.32 Å². The lowest BCUT2D eigenvalue weighted by Crippen LogP contribution is -2.28. The number of imidazole rings is 1. The normalized spacial score (nSPS) is 16.5. The quantitative estimate of drug-likeness (QED) is 0.701. The van der Waals surface area contributed by atoms with Crippen molar-refractivity contribution in [2.45, 2.75) is 40.0 Å². The number of carbonyl (C=O) groups is 1. The van der Waals surface area contributed by atoms with Crippen LogP contribution < -0.4 is 5.32 Å². The third-order valence-corrected chi connectivity index (χ3v) is 5.83. The molecule has 2 heterocycles. The van der Waals surface area contributed by atoms with Crippen LogP contribution in [0.5, 0.6) is 0 Å². The van der Waals surface area contributed by atoms with Gasteiger partial charge >= 0.3 is 0 Å². The molecule has 152 valence electrons. The molecule has 29 heavy (non-hydrogen) atoms. The minimum atomic E-state index is -0.330. The van der Waals surface area contributed by atoms with Gasteiger partial charge in [0.1, 0.15) is 11.6 Å². The van der Waals surface area contributed by atoms with E-state index < -0.39 is 0 Å². The van der Waals surface area contributed by atoms with E-state index in [9.17, 15) is 9.18 Å². The SMILES string of the molecule is Cn1c(-c2ccc(F)cc2)cnc1NC(=O)c1noc2c1CC(C(C)(C)C)CC2. The van der Waals surface area contributed by atoms with Crippen molar-refractivity contribution in [3.05, 3.63) is 53.3 Å². The molecule has 1 atom stereocenters. The third-order valence-electron chi connectivity index (χ3n) is 5.83. The highest BCUT2D eigenvalue weighted by Crippen LogP contribution is 2.38. The number of aromatic nitrogens is 3. The van der Waals surface area contributed by atoms with Gasteiger partial charge in [0.25, 0.3) is 5.91 Å². The van der Waals surface area contributed by atoms with Gasteiger partial charge in [-0.15, -0.1) is 0 Å². The van der Waals surface area contributed by atoms with Crippen LogP contribution in [0.2, 0.25) is 0 Å². The van der Waals surface area contributed by atoms with Crippen LogP contribution in [0.1, 0.15) is 49.0 Å². The lowest BCUT2D eigenvalue weighted by molar-refractivity contribution is 0.101. The molecule has 4 rings (SSSR count). The first-order chi connectivity index (χ1) is 13.7. The third kappa shape index (κ3) is 3.69. The molecule has 0 aliphatic heterocycles. The Hall–Kier alpha value is -2.96. The summed E-state index contributed by atoms with van der Waals surface area (Å²) in [6.45, 7) is 6.67. The number of anilines is 1. The molecule has 7 heteroatoms. The van der Waals surface area contributed by atoms with E-state index in [0.717, 1.165) is 41.8 Å². The molecule has 0 spiro atoms. The molecule has 6 nitrogen and oxygen atoms in total. The second-order valence-corrected chi connectivity index (χ2v) is 8.73. The van der Waals surface area contributed by atoms with E-state index >= 15 is 0 Å². The molecule has 1 aliphatic rings. The van der Waals surface area contributed by atoms with Crippen molar-refractivity contribution in [2.24, 2.45) is 18.4 Å². The van der Waals surface area contributed by atoms with Crippen LogP contribution in [0.25, 0.3) is 11.3 Å². The summed E-state index contributed by atoms with van der Waals surface area (Å²) in [5.74, 6) is 1.05. The number of halogens is 1. The Bertz CT molecular complexity index is 1040. The number of fused-ring (bicyclic) bond motifs is 1. The Morgan fingerprint density at radius 1 is 1.28 bits per heavy atom. The topological polar surface area (TPSA) is 73.0 Å².